The number of hydrogen-bond donors (Lipinski definition) is 1. The topological polar surface area (TPSA) is 59.4 Å². The summed E-state index contributed by atoms with van der Waals surface area (Å²) in [5, 5.41) is 10.0. The summed E-state index contributed by atoms with van der Waals surface area (Å²) in [6, 6.07) is 4.94. The minimum absolute atomic E-state index is 0.0913. The zero-order valence-corrected chi connectivity index (χ0v) is 10.1. The number of hydrogen-bond acceptors (Lipinski definition) is 3. The third-order valence-corrected chi connectivity index (χ3v) is 2.82. The first-order valence-corrected chi connectivity index (χ1v) is 5.29. The summed E-state index contributed by atoms with van der Waals surface area (Å²) >= 11 is 6.08. The maximum atomic E-state index is 10.9. The Morgan fingerprint density at radius 3 is 2.76 bits per heavy atom. The molecule has 0 fully saturated rings. The molecule has 1 heterocycles. The standard InChI is InChI=1S/C12H10ClNO3/c1-6-3-4-9(17-2)11-10(6)7(13)5-8(14-11)12(15)16/h3-5H,1-2H3,(H,15,16). The second kappa shape index (κ2) is 4.22. The van der Waals surface area contributed by atoms with Crippen molar-refractivity contribution in [2.75, 3.05) is 7.11 Å². The SMILES string of the molecule is COc1ccc(C)c2c(Cl)cc(C(=O)O)nc12. The molecule has 5 heteroatoms. The van der Waals surface area contributed by atoms with Gasteiger partial charge in [-0.1, -0.05) is 17.7 Å². The van der Waals surface area contributed by atoms with E-state index in [1.807, 2.05) is 13.0 Å². The van der Waals surface area contributed by atoms with Gasteiger partial charge in [0.2, 0.25) is 0 Å². The number of methoxy groups -OCH3 is 1. The summed E-state index contributed by atoms with van der Waals surface area (Å²) in [5.74, 6) is -0.604. The fourth-order valence-electron chi connectivity index (χ4n) is 1.70. The molecule has 0 bridgehead atoms. The van der Waals surface area contributed by atoms with Gasteiger partial charge in [0.1, 0.15) is 11.3 Å². The Bertz CT molecular complexity index is 610. The van der Waals surface area contributed by atoms with E-state index >= 15 is 0 Å². The van der Waals surface area contributed by atoms with Gasteiger partial charge in [0.25, 0.3) is 0 Å². The summed E-state index contributed by atoms with van der Waals surface area (Å²) in [6.45, 7) is 1.88. The number of carboxylic acids is 1. The number of aryl methyl sites for hydroxylation is 1. The summed E-state index contributed by atoms with van der Waals surface area (Å²) < 4.78 is 5.16. The molecule has 0 saturated heterocycles. The van der Waals surface area contributed by atoms with Crippen LogP contribution in [0.25, 0.3) is 10.9 Å². The van der Waals surface area contributed by atoms with Crippen molar-refractivity contribution >= 4 is 28.5 Å². The quantitative estimate of drug-likeness (QED) is 0.892. The van der Waals surface area contributed by atoms with Crippen molar-refractivity contribution in [3.05, 3.63) is 34.5 Å². The highest BCUT2D eigenvalue weighted by Crippen LogP contribution is 2.32. The molecule has 0 radical (unpaired) electrons. The van der Waals surface area contributed by atoms with Crippen LogP contribution in [0.15, 0.2) is 18.2 Å². The molecule has 0 saturated carbocycles. The van der Waals surface area contributed by atoms with E-state index in [-0.39, 0.29) is 5.69 Å². The molecule has 0 unspecified atom stereocenters. The van der Waals surface area contributed by atoms with Gasteiger partial charge in [0.05, 0.1) is 12.1 Å². The van der Waals surface area contributed by atoms with E-state index in [0.29, 0.717) is 16.3 Å². The second-order valence-electron chi connectivity index (χ2n) is 3.60. The van der Waals surface area contributed by atoms with Crippen LogP contribution < -0.4 is 4.74 Å². The van der Waals surface area contributed by atoms with Crippen LogP contribution in [0, 0.1) is 6.92 Å². The van der Waals surface area contributed by atoms with E-state index < -0.39 is 5.97 Å². The van der Waals surface area contributed by atoms with Crippen molar-refractivity contribution in [1.82, 2.24) is 4.98 Å². The predicted molar refractivity (Wildman–Crippen MR) is 65.0 cm³/mol. The number of aromatic carboxylic acids is 1. The van der Waals surface area contributed by atoms with Crippen molar-refractivity contribution in [1.29, 1.82) is 0 Å². The number of nitrogens with zero attached hydrogens (tertiary/aromatic N) is 1. The second-order valence-corrected chi connectivity index (χ2v) is 4.01. The Hall–Kier alpha value is -1.81. The van der Waals surface area contributed by atoms with Gasteiger partial charge in [-0.05, 0) is 24.6 Å². The minimum Gasteiger partial charge on any atom is -0.494 e. The molecule has 17 heavy (non-hydrogen) atoms. The van der Waals surface area contributed by atoms with Crippen molar-refractivity contribution in [3.8, 4) is 5.75 Å². The van der Waals surface area contributed by atoms with Gasteiger partial charge >= 0.3 is 5.97 Å². The maximum Gasteiger partial charge on any atom is 0.354 e. The number of fused-ring (bicyclic) bond motifs is 1. The van der Waals surface area contributed by atoms with Gasteiger partial charge in [-0.2, -0.15) is 0 Å². The molecule has 0 amide bonds. The van der Waals surface area contributed by atoms with E-state index in [2.05, 4.69) is 4.98 Å². The van der Waals surface area contributed by atoms with Gasteiger partial charge in [0.15, 0.2) is 5.69 Å². The van der Waals surface area contributed by atoms with Crippen LogP contribution in [0.4, 0.5) is 0 Å². The normalized spacial score (nSPS) is 10.5. The lowest BCUT2D eigenvalue weighted by Gasteiger charge is -2.09. The third-order valence-electron chi connectivity index (χ3n) is 2.52. The highest BCUT2D eigenvalue weighted by Gasteiger charge is 2.14. The number of rotatable bonds is 2. The Morgan fingerprint density at radius 2 is 2.18 bits per heavy atom. The maximum absolute atomic E-state index is 10.9. The molecule has 88 valence electrons. The molecule has 1 aromatic carbocycles. The van der Waals surface area contributed by atoms with E-state index in [9.17, 15) is 4.79 Å². The fourth-order valence-corrected chi connectivity index (χ4v) is 2.05. The van der Waals surface area contributed by atoms with Gasteiger partial charge in [-0.15, -0.1) is 0 Å². The third kappa shape index (κ3) is 1.91. The van der Waals surface area contributed by atoms with E-state index in [1.54, 1.807) is 6.07 Å². The van der Waals surface area contributed by atoms with E-state index in [1.165, 1.54) is 13.2 Å². The first-order valence-electron chi connectivity index (χ1n) is 4.91. The van der Waals surface area contributed by atoms with Crippen LogP contribution >= 0.6 is 11.6 Å². The van der Waals surface area contributed by atoms with Gasteiger partial charge in [-0.25, -0.2) is 9.78 Å². The monoisotopic (exact) mass is 251 g/mol. The largest absolute Gasteiger partial charge is 0.494 e. The van der Waals surface area contributed by atoms with Gasteiger partial charge in [0, 0.05) is 5.39 Å². The lowest BCUT2D eigenvalue weighted by atomic mass is 10.1. The average Bonchev–Trinajstić information content (AvgIpc) is 2.28. The average molecular weight is 252 g/mol. The highest BCUT2D eigenvalue weighted by molar-refractivity contribution is 6.36. The summed E-state index contributed by atoms with van der Waals surface area (Å²) in [6.07, 6.45) is 0. The molecule has 1 aromatic heterocycles. The van der Waals surface area contributed by atoms with Crippen LogP contribution in [0.1, 0.15) is 16.1 Å². The minimum atomic E-state index is -1.11. The number of halogens is 1. The Balaban J connectivity index is 2.89. The molecule has 1 N–H and O–H groups in total. The Labute approximate surface area is 103 Å². The zero-order valence-electron chi connectivity index (χ0n) is 9.32. The molecule has 0 aliphatic heterocycles. The summed E-state index contributed by atoms with van der Waals surface area (Å²) in [4.78, 5) is 15.0. The molecule has 0 atom stereocenters. The lowest BCUT2D eigenvalue weighted by Crippen LogP contribution is -2.02. The van der Waals surface area contributed by atoms with Crippen LogP contribution in [0.3, 0.4) is 0 Å². The molecule has 2 aromatic rings. The van der Waals surface area contributed by atoms with Gasteiger partial charge < -0.3 is 9.84 Å². The molecule has 0 spiro atoms. The summed E-state index contributed by atoms with van der Waals surface area (Å²) in [7, 11) is 1.51. The van der Waals surface area contributed by atoms with Crippen molar-refractivity contribution in [3.63, 3.8) is 0 Å². The number of ether oxygens (including phenoxy) is 1. The lowest BCUT2D eigenvalue weighted by molar-refractivity contribution is 0.0691. The van der Waals surface area contributed by atoms with Crippen LogP contribution in [0.5, 0.6) is 5.75 Å². The number of benzene rings is 1. The Morgan fingerprint density at radius 1 is 1.47 bits per heavy atom. The van der Waals surface area contributed by atoms with Gasteiger partial charge in [-0.3, -0.25) is 0 Å². The number of carboxylic acid groups (broad SMARTS) is 1. The number of carbonyl (C=O) groups is 1. The first-order chi connectivity index (χ1) is 8.04. The highest BCUT2D eigenvalue weighted by atomic mass is 35.5. The number of pyridine rings is 1. The van der Waals surface area contributed by atoms with Crippen molar-refractivity contribution < 1.29 is 14.6 Å². The van der Waals surface area contributed by atoms with E-state index in [4.69, 9.17) is 21.4 Å². The van der Waals surface area contributed by atoms with Crippen LogP contribution in [-0.2, 0) is 0 Å². The molecular weight excluding hydrogens is 242 g/mol. The molecular formula is C12H10ClNO3. The van der Waals surface area contributed by atoms with Crippen molar-refractivity contribution in [2.45, 2.75) is 6.92 Å². The Kier molecular flexibility index (Phi) is 2.90. The molecule has 0 aliphatic carbocycles. The van der Waals surface area contributed by atoms with Crippen LogP contribution in [-0.4, -0.2) is 23.2 Å². The molecule has 4 nitrogen and oxygen atoms in total. The van der Waals surface area contributed by atoms with Crippen LogP contribution in [0.2, 0.25) is 5.02 Å². The van der Waals surface area contributed by atoms with Crippen molar-refractivity contribution in [2.24, 2.45) is 0 Å². The smallest absolute Gasteiger partial charge is 0.354 e. The zero-order chi connectivity index (χ0) is 12.6. The summed E-state index contributed by atoms with van der Waals surface area (Å²) in [5.41, 5.74) is 1.30. The molecule has 0 aliphatic rings. The predicted octanol–water partition coefficient (Wildman–Crippen LogP) is 2.90. The fraction of sp³-hybridized carbons (Fsp3) is 0.167. The number of aromatic nitrogens is 1. The van der Waals surface area contributed by atoms with E-state index in [0.717, 1.165) is 10.9 Å². The first kappa shape index (κ1) is 11.7. The molecule has 2 rings (SSSR count).